The smallest absolute Gasteiger partial charge is 0.234 e. The third-order valence-electron chi connectivity index (χ3n) is 5.16. The number of anilines is 1. The highest BCUT2D eigenvalue weighted by Crippen LogP contribution is 2.35. The number of aliphatic imine (C=N–C) groups is 2. The molecule has 0 aliphatic carbocycles. The van der Waals surface area contributed by atoms with Crippen molar-refractivity contribution in [2.75, 3.05) is 31.2 Å². The van der Waals surface area contributed by atoms with E-state index in [1.807, 2.05) is 42.5 Å². The molecule has 0 atom stereocenters. The zero-order valence-corrected chi connectivity index (χ0v) is 17.8. The highest BCUT2D eigenvalue weighted by atomic mass is 35.5. The van der Waals surface area contributed by atoms with Crippen LogP contribution in [0.2, 0.25) is 5.02 Å². The molecule has 2 aliphatic heterocycles. The lowest BCUT2D eigenvalue weighted by Crippen LogP contribution is -2.39. The monoisotopic (exact) mass is 426 g/mol. The van der Waals surface area contributed by atoms with Crippen molar-refractivity contribution >= 4 is 45.7 Å². The molecule has 1 N–H and O–H groups in total. The second kappa shape index (κ2) is 8.69. The summed E-state index contributed by atoms with van der Waals surface area (Å²) in [6.07, 6.45) is 1.80. The summed E-state index contributed by atoms with van der Waals surface area (Å²) in [7, 11) is 2.13. The van der Waals surface area contributed by atoms with Crippen LogP contribution in [0.1, 0.15) is 18.4 Å². The summed E-state index contributed by atoms with van der Waals surface area (Å²) in [4.78, 5) is 24.9. The predicted molar refractivity (Wildman–Crippen MR) is 122 cm³/mol. The van der Waals surface area contributed by atoms with Crippen molar-refractivity contribution in [3.05, 3.63) is 65.2 Å². The summed E-state index contributed by atoms with van der Waals surface area (Å²) < 4.78 is 0. The summed E-state index contributed by atoms with van der Waals surface area (Å²) in [6, 6.07) is 17.3. The van der Waals surface area contributed by atoms with Crippen molar-refractivity contribution in [3.8, 4) is 0 Å². The number of thioether (sulfide) groups is 1. The predicted octanol–water partition coefficient (Wildman–Crippen LogP) is 4.34. The molecule has 1 amide bonds. The van der Waals surface area contributed by atoms with E-state index in [2.05, 4.69) is 17.3 Å². The number of carbonyl (C=O) groups is 1. The summed E-state index contributed by atoms with van der Waals surface area (Å²) in [5, 5.41) is 4.24. The molecule has 150 valence electrons. The Morgan fingerprint density at radius 3 is 2.52 bits per heavy atom. The molecule has 2 heterocycles. The van der Waals surface area contributed by atoms with Gasteiger partial charge in [0, 0.05) is 31.5 Å². The standard InChI is InChI=1S/C22H23ClN4OS/c1-27-13-11-22(12-14-27)25-20(16-7-3-2-4-8-16)21(26-22)29-15-19(28)24-18-10-6-5-9-17(18)23/h2-10H,11-15H2,1H3,(H,24,28). The number of piperidine rings is 1. The zero-order chi connectivity index (χ0) is 20.3. The molecule has 0 bridgehead atoms. The molecular formula is C22H23ClN4OS. The minimum atomic E-state index is -0.390. The Labute approximate surface area is 180 Å². The van der Waals surface area contributed by atoms with Gasteiger partial charge in [-0.1, -0.05) is 65.8 Å². The Bertz CT molecular complexity index is 952. The zero-order valence-electron chi connectivity index (χ0n) is 16.3. The number of halogens is 1. The molecule has 0 aromatic heterocycles. The molecular weight excluding hydrogens is 404 g/mol. The van der Waals surface area contributed by atoms with E-state index in [1.54, 1.807) is 12.1 Å². The molecule has 0 unspecified atom stereocenters. The first-order chi connectivity index (χ1) is 14.0. The van der Waals surface area contributed by atoms with Crippen molar-refractivity contribution in [3.63, 3.8) is 0 Å². The van der Waals surface area contributed by atoms with Gasteiger partial charge < -0.3 is 10.2 Å². The van der Waals surface area contributed by atoms with Gasteiger partial charge in [0.15, 0.2) is 5.66 Å². The lowest BCUT2D eigenvalue weighted by atomic mass is 9.99. The van der Waals surface area contributed by atoms with Gasteiger partial charge in [-0.2, -0.15) is 0 Å². The summed E-state index contributed by atoms with van der Waals surface area (Å²) in [5.41, 5.74) is 2.17. The Morgan fingerprint density at radius 2 is 1.79 bits per heavy atom. The van der Waals surface area contributed by atoms with Crippen molar-refractivity contribution in [2.45, 2.75) is 18.5 Å². The average molecular weight is 427 g/mol. The number of benzene rings is 2. The highest BCUT2D eigenvalue weighted by Gasteiger charge is 2.39. The molecule has 1 saturated heterocycles. The van der Waals surface area contributed by atoms with Crippen LogP contribution in [0.4, 0.5) is 5.69 Å². The molecule has 2 aliphatic rings. The third-order valence-corrected chi connectivity index (χ3v) is 6.45. The molecule has 29 heavy (non-hydrogen) atoms. The SMILES string of the molecule is CN1CCC2(CC1)N=C(SCC(=O)Nc1ccccc1Cl)C(c1ccccc1)=N2. The van der Waals surface area contributed by atoms with E-state index in [0.717, 1.165) is 42.3 Å². The van der Waals surface area contributed by atoms with E-state index >= 15 is 0 Å². The first-order valence-corrected chi connectivity index (χ1v) is 11.0. The number of hydrogen-bond donors (Lipinski definition) is 1. The van der Waals surface area contributed by atoms with Gasteiger partial charge in [0.1, 0.15) is 5.04 Å². The normalized spacial score (nSPS) is 18.4. The second-order valence-electron chi connectivity index (χ2n) is 7.35. The van der Waals surface area contributed by atoms with Crippen LogP contribution < -0.4 is 5.32 Å². The second-order valence-corrected chi connectivity index (χ2v) is 8.72. The summed E-state index contributed by atoms with van der Waals surface area (Å²) >= 11 is 7.58. The lowest BCUT2D eigenvalue weighted by molar-refractivity contribution is -0.113. The van der Waals surface area contributed by atoms with Crippen LogP contribution in [-0.4, -0.2) is 53.1 Å². The lowest BCUT2D eigenvalue weighted by Gasteiger charge is -2.33. The van der Waals surface area contributed by atoms with Crippen LogP contribution in [0.5, 0.6) is 0 Å². The maximum atomic E-state index is 12.5. The van der Waals surface area contributed by atoms with Gasteiger partial charge in [-0.25, -0.2) is 4.99 Å². The van der Waals surface area contributed by atoms with Gasteiger partial charge in [0.05, 0.1) is 22.2 Å². The molecule has 1 fully saturated rings. The van der Waals surface area contributed by atoms with Gasteiger partial charge in [-0.3, -0.25) is 9.79 Å². The third kappa shape index (κ3) is 4.71. The van der Waals surface area contributed by atoms with Gasteiger partial charge in [0.25, 0.3) is 0 Å². The number of amides is 1. The van der Waals surface area contributed by atoms with E-state index in [1.165, 1.54) is 11.8 Å². The Hall–Kier alpha value is -2.15. The van der Waals surface area contributed by atoms with Crippen molar-refractivity contribution in [1.29, 1.82) is 0 Å². The fourth-order valence-corrected chi connectivity index (χ4v) is 4.55. The Kier molecular flexibility index (Phi) is 6.04. The fourth-order valence-electron chi connectivity index (χ4n) is 3.49. The first kappa shape index (κ1) is 20.1. The molecule has 0 radical (unpaired) electrons. The van der Waals surface area contributed by atoms with E-state index in [4.69, 9.17) is 21.6 Å². The largest absolute Gasteiger partial charge is 0.324 e. The topological polar surface area (TPSA) is 57.1 Å². The van der Waals surface area contributed by atoms with Crippen LogP contribution in [0, 0.1) is 0 Å². The molecule has 7 heteroatoms. The van der Waals surface area contributed by atoms with Crippen LogP contribution in [0.25, 0.3) is 0 Å². The van der Waals surface area contributed by atoms with Gasteiger partial charge in [-0.15, -0.1) is 0 Å². The van der Waals surface area contributed by atoms with E-state index in [9.17, 15) is 4.79 Å². The van der Waals surface area contributed by atoms with Crippen LogP contribution in [-0.2, 0) is 4.79 Å². The molecule has 4 rings (SSSR count). The number of rotatable bonds is 4. The molecule has 2 aromatic carbocycles. The molecule has 1 spiro atoms. The maximum absolute atomic E-state index is 12.5. The van der Waals surface area contributed by atoms with Gasteiger partial charge in [-0.05, 0) is 19.2 Å². The van der Waals surface area contributed by atoms with E-state index in [-0.39, 0.29) is 17.3 Å². The van der Waals surface area contributed by atoms with Crippen molar-refractivity contribution < 1.29 is 4.79 Å². The highest BCUT2D eigenvalue weighted by molar-refractivity contribution is 8.16. The maximum Gasteiger partial charge on any atom is 0.234 e. The number of para-hydroxylation sites is 1. The van der Waals surface area contributed by atoms with Crippen LogP contribution in [0.15, 0.2) is 64.6 Å². The Morgan fingerprint density at radius 1 is 1.10 bits per heavy atom. The van der Waals surface area contributed by atoms with Gasteiger partial charge >= 0.3 is 0 Å². The quantitative estimate of drug-likeness (QED) is 0.791. The number of likely N-dealkylation sites (tertiary alicyclic amines) is 1. The van der Waals surface area contributed by atoms with Crippen molar-refractivity contribution in [2.24, 2.45) is 9.98 Å². The van der Waals surface area contributed by atoms with Crippen molar-refractivity contribution in [1.82, 2.24) is 4.90 Å². The Balaban J connectivity index is 1.50. The minimum Gasteiger partial charge on any atom is -0.324 e. The first-order valence-electron chi connectivity index (χ1n) is 9.66. The fraction of sp³-hybridized carbons (Fsp3) is 0.318. The van der Waals surface area contributed by atoms with E-state index in [0.29, 0.717) is 10.7 Å². The molecule has 5 nitrogen and oxygen atoms in total. The average Bonchev–Trinajstić information content (AvgIpc) is 3.10. The van der Waals surface area contributed by atoms with Crippen LogP contribution in [0.3, 0.4) is 0 Å². The minimum absolute atomic E-state index is 0.109. The molecule has 0 saturated carbocycles. The van der Waals surface area contributed by atoms with Gasteiger partial charge in [0.2, 0.25) is 5.91 Å². The van der Waals surface area contributed by atoms with Crippen LogP contribution >= 0.6 is 23.4 Å². The number of hydrogen-bond acceptors (Lipinski definition) is 5. The van der Waals surface area contributed by atoms with E-state index < -0.39 is 0 Å². The molecule has 2 aromatic rings. The number of nitrogens with one attached hydrogen (secondary N) is 1. The summed E-state index contributed by atoms with van der Waals surface area (Å²) in [6.45, 7) is 1.94. The number of nitrogens with zero attached hydrogens (tertiary/aromatic N) is 3. The number of carbonyl (C=O) groups excluding carboxylic acids is 1. The summed E-state index contributed by atoms with van der Waals surface area (Å²) in [5.74, 6) is 0.147.